The zero-order chi connectivity index (χ0) is 14.1. The normalized spacial score (nSPS) is 11.4. The number of halogens is 1. The van der Waals surface area contributed by atoms with Crippen LogP contribution in [-0.2, 0) is 6.42 Å². The van der Waals surface area contributed by atoms with E-state index in [1.807, 2.05) is 22.7 Å². The molecule has 0 radical (unpaired) electrons. The summed E-state index contributed by atoms with van der Waals surface area (Å²) in [7, 11) is 0. The van der Waals surface area contributed by atoms with Gasteiger partial charge >= 0.3 is 0 Å². The molecular formula is C17H17BrN2. The summed E-state index contributed by atoms with van der Waals surface area (Å²) in [5, 5.41) is 0. The van der Waals surface area contributed by atoms with Crippen molar-refractivity contribution < 1.29 is 0 Å². The van der Waals surface area contributed by atoms with Crippen LogP contribution in [0.3, 0.4) is 0 Å². The lowest BCUT2D eigenvalue weighted by atomic mass is 10.0. The largest absolute Gasteiger partial charge is 0.306 e. The Bertz CT molecular complexity index is 726. The second kappa shape index (κ2) is 5.41. The Kier molecular flexibility index (Phi) is 3.62. The summed E-state index contributed by atoms with van der Waals surface area (Å²) in [5.41, 5.74) is 4.50. The smallest absolute Gasteiger partial charge is 0.151 e. The molecule has 3 heteroatoms. The molecule has 0 aliphatic heterocycles. The van der Waals surface area contributed by atoms with Crippen molar-refractivity contribution in [2.45, 2.75) is 20.3 Å². The van der Waals surface area contributed by atoms with Crippen LogP contribution in [0.4, 0.5) is 0 Å². The zero-order valence-corrected chi connectivity index (χ0v) is 13.3. The number of fused-ring (bicyclic) bond motifs is 1. The first-order valence-electron chi connectivity index (χ1n) is 6.86. The van der Waals surface area contributed by atoms with Crippen LogP contribution < -0.4 is 0 Å². The Hall–Kier alpha value is -1.61. The molecule has 2 aromatic heterocycles. The van der Waals surface area contributed by atoms with Crippen molar-refractivity contribution in [3.05, 3.63) is 58.8 Å². The number of aromatic nitrogens is 2. The first kappa shape index (κ1) is 13.4. The summed E-state index contributed by atoms with van der Waals surface area (Å²) < 4.78 is 3.06. The minimum absolute atomic E-state index is 0.687. The molecule has 0 saturated carbocycles. The average Bonchev–Trinajstić information content (AvgIpc) is 2.84. The number of imidazole rings is 1. The molecular weight excluding hydrogens is 312 g/mol. The molecule has 0 fully saturated rings. The Morgan fingerprint density at radius 3 is 2.55 bits per heavy atom. The van der Waals surface area contributed by atoms with Crippen molar-refractivity contribution >= 4 is 21.6 Å². The maximum Gasteiger partial charge on any atom is 0.151 e. The van der Waals surface area contributed by atoms with E-state index in [4.69, 9.17) is 0 Å². The SMILES string of the molecule is CC(C)Cc1ccc(-c2cn3cccc(Br)c3n2)cc1. The van der Waals surface area contributed by atoms with E-state index < -0.39 is 0 Å². The van der Waals surface area contributed by atoms with E-state index >= 15 is 0 Å². The van der Waals surface area contributed by atoms with Gasteiger partial charge in [0.2, 0.25) is 0 Å². The predicted molar refractivity (Wildman–Crippen MR) is 86.9 cm³/mol. The van der Waals surface area contributed by atoms with Crippen LogP contribution in [0.2, 0.25) is 0 Å². The molecule has 2 nitrogen and oxygen atoms in total. The van der Waals surface area contributed by atoms with E-state index in [1.54, 1.807) is 0 Å². The van der Waals surface area contributed by atoms with Gasteiger partial charge in [0, 0.05) is 18.0 Å². The van der Waals surface area contributed by atoms with Gasteiger partial charge in [0.1, 0.15) is 0 Å². The monoisotopic (exact) mass is 328 g/mol. The van der Waals surface area contributed by atoms with Gasteiger partial charge in [-0.3, -0.25) is 0 Å². The van der Waals surface area contributed by atoms with Crippen LogP contribution in [0.5, 0.6) is 0 Å². The third-order valence-electron chi connectivity index (χ3n) is 3.33. The minimum atomic E-state index is 0.687. The van der Waals surface area contributed by atoms with Crippen molar-refractivity contribution in [1.29, 1.82) is 0 Å². The highest BCUT2D eigenvalue weighted by molar-refractivity contribution is 9.10. The highest BCUT2D eigenvalue weighted by Gasteiger charge is 2.07. The van der Waals surface area contributed by atoms with Gasteiger partial charge < -0.3 is 4.40 Å². The topological polar surface area (TPSA) is 17.3 Å². The van der Waals surface area contributed by atoms with E-state index in [0.29, 0.717) is 5.92 Å². The molecule has 2 heterocycles. The number of pyridine rings is 1. The summed E-state index contributed by atoms with van der Waals surface area (Å²) in [6.45, 7) is 4.49. The van der Waals surface area contributed by atoms with Crippen LogP contribution in [-0.4, -0.2) is 9.38 Å². The van der Waals surface area contributed by atoms with Crippen LogP contribution in [0, 0.1) is 5.92 Å². The fraction of sp³-hybridized carbons (Fsp3) is 0.235. The molecule has 0 amide bonds. The lowest BCUT2D eigenvalue weighted by Gasteiger charge is -2.05. The summed E-state index contributed by atoms with van der Waals surface area (Å²) in [5.74, 6) is 0.687. The van der Waals surface area contributed by atoms with Crippen molar-refractivity contribution in [2.75, 3.05) is 0 Å². The lowest BCUT2D eigenvalue weighted by Crippen LogP contribution is -1.93. The summed E-state index contributed by atoms with van der Waals surface area (Å²) in [4.78, 5) is 4.69. The fourth-order valence-corrected chi connectivity index (χ4v) is 2.85. The third-order valence-corrected chi connectivity index (χ3v) is 3.95. The molecule has 0 spiro atoms. The quantitative estimate of drug-likeness (QED) is 0.664. The van der Waals surface area contributed by atoms with Gasteiger partial charge in [-0.25, -0.2) is 4.98 Å². The van der Waals surface area contributed by atoms with Crippen molar-refractivity contribution in [3.63, 3.8) is 0 Å². The van der Waals surface area contributed by atoms with Crippen molar-refractivity contribution in [2.24, 2.45) is 5.92 Å². The minimum Gasteiger partial charge on any atom is -0.306 e. The number of rotatable bonds is 3. The fourth-order valence-electron chi connectivity index (χ4n) is 2.40. The number of nitrogens with zero attached hydrogens (tertiary/aromatic N) is 2. The molecule has 0 aliphatic carbocycles. The highest BCUT2D eigenvalue weighted by Crippen LogP contribution is 2.24. The Balaban J connectivity index is 1.96. The summed E-state index contributed by atoms with van der Waals surface area (Å²) >= 11 is 3.54. The predicted octanol–water partition coefficient (Wildman–Crippen LogP) is 4.96. The van der Waals surface area contributed by atoms with Crippen molar-refractivity contribution in [1.82, 2.24) is 9.38 Å². The van der Waals surface area contributed by atoms with Crippen molar-refractivity contribution in [3.8, 4) is 11.3 Å². The molecule has 3 aromatic rings. The third kappa shape index (κ3) is 2.63. The van der Waals surface area contributed by atoms with Gasteiger partial charge in [-0.1, -0.05) is 38.1 Å². The molecule has 0 unspecified atom stereocenters. The molecule has 0 bridgehead atoms. The second-order valence-electron chi connectivity index (χ2n) is 5.51. The molecule has 0 atom stereocenters. The maximum atomic E-state index is 4.69. The number of benzene rings is 1. The molecule has 0 aliphatic rings. The molecule has 102 valence electrons. The summed E-state index contributed by atoms with van der Waals surface area (Å²) in [6.07, 6.45) is 5.21. The Labute approximate surface area is 127 Å². The first-order chi connectivity index (χ1) is 9.63. The van der Waals surface area contributed by atoms with Crippen LogP contribution >= 0.6 is 15.9 Å². The van der Waals surface area contributed by atoms with Gasteiger partial charge in [-0.05, 0) is 46.0 Å². The van der Waals surface area contributed by atoms with E-state index in [9.17, 15) is 0 Å². The second-order valence-corrected chi connectivity index (χ2v) is 6.36. The molecule has 0 saturated heterocycles. The van der Waals surface area contributed by atoms with Crippen LogP contribution in [0.15, 0.2) is 53.3 Å². The van der Waals surface area contributed by atoms with E-state index in [-0.39, 0.29) is 0 Å². The first-order valence-corrected chi connectivity index (χ1v) is 7.65. The zero-order valence-electron chi connectivity index (χ0n) is 11.7. The molecule has 20 heavy (non-hydrogen) atoms. The number of hydrogen-bond acceptors (Lipinski definition) is 1. The highest BCUT2D eigenvalue weighted by atomic mass is 79.9. The van der Waals surface area contributed by atoms with Crippen LogP contribution in [0.1, 0.15) is 19.4 Å². The average molecular weight is 329 g/mol. The molecule has 3 rings (SSSR count). The van der Waals surface area contributed by atoms with E-state index in [2.05, 4.69) is 65.2 Å². The van der Waals surface area contributed by atoms with Gasteiger partial charge in [-0.2, -0.15) is 0 Å². The van der Waals surface area contributed by atoms with Gasteiger partial charge in [-0.15, -0.1) is 0 Å². The van der Waals surface area contributed by atoms with Gasteiger partial charge in [0.05, 0.1) is 10.2 Å². The lowest BCUT2D eigenvalue weighted by molar-refractivity contribution is 0.647. The standard InChI is InChI=1S/C17H17BrN2/c1-12(2)10-13-5-7-14(8-6-13)16-11-20-9-3-4-15(18)17(20)19-16/h3-9,11-12H,10H2,1-2H3. The number of hydrogen-bond donors (Lipinski definition) is 0. The maximum absolute atomic E-state index is 4.69. The van der Waals surface area contributed by atoms with Gasteiger partial charge in [0.15, 0.2) is 5.65 Å². The van der Waals surface area contributed by atoms with E-state index in [1.165, 1.54) is 5.56 Å². The van der Waals surface area contributed by atoms with E-state index in [0.717, 1.165) is 27.8 Å². The Morgan fingerprint density at radius 2 is 1.90 bits per heavy atom. The van der Waals surface area contributed by atoms with Crippen LogP contribution in [0.25, 0.3) is 16.9 Å². The molecule has 1 aromatic carbocycles. The van der Waals surface area contributed by atoms with Gasteiger partial charge in [0.25, 0.3) is 0 Å². The molecule has 0 N–H and O–H groups in total. The summed E-state index contributed by atoms with van der Waals surface area (Å²) in [6, 6.07) is 12.7. The Morgan fingerprint density at radius 1 is 1.15 bits per heavy atom.